The minimum absolute atomic E-state index is 0.331. The van der Waals surface area contributed by atoms with Crippen molar-refractivity contribution in [3.63, 3.8) is 0 Å². The molecule has 3 unspecified atom stereocenters. The highest BCUT2D eigenvalue weighted by Crippen LogP contribution is 2.48. The molecule has 90 valence electrons. The Morgan fingerprint density at radius 3 is 2.88 bits per heavy atom. The van der Waals surface area contributed by atoms with Crippen LogP contribution in [0.25, 0.3) is 0 Å². The summed E-state index contributed by atoms with van der Waals surface area (Å²) < 4.78 is 10.5. The largest absolute Gasteiger partial charge is 0.508 e. The summed E-state index contributed by atoms with van der Waals surface area (Å²) in [6, 6.07) is 0. The van der Waals surface area contributed by atoms with E-state index in [0.717, 1.165) is 25.7 Å². The Labute approximate surface area is 96.8 Å². The molecule has 0 aromatic heterocycles. The number of ether oxygens (including phenoxy) is 2. The maximum Gasteiger partial charge on any atom is 0.508 e. The molecule has 0 aromatic rings. The van der Waals surface area contributed by atoms with Crippen LogP contribution in [0.4, 0.5) is 4.79 Å². The van der Waals surface area contributed by atoms with E-state index >= 15 is 0 Å². The molecule has 2 aliphatic rings. The topological polar surface area (TPSA) is 35.5 Å². The molecule has 0 spiro atoms. The minimum Gasteiger partial charge on any atom is -0.434 e. The first-order valence-electron chi connectivity index (χ1n) is 6.18. The molecule has 2 bridgehead atoms. The van der Waals surface area contributed by atoms with Crippen LogP contribution in [0.15, 0.2) is 12.2 Å². The Bertz CT molecular complexity index is 298. The van der Waals surface area contributed by atoms with Crippen LogP contribution in [0, 0.1) is 11.8 Å². The van der Waals surface area contributed by atoms with E-state index in [1.807, 2.05) is 6.92 Å². The first kappa shape index (κ1) is 11.5. The van der Waals surface area contributed by atoms with Crippen molar-refractivity contribution >= 4 is 6.16 Å². The third-order valence-corrected chi connectivity index (χ3v) is 3.66. The summed E-state index contributed by atoms with van der Waals surface area (Å²) in [5.41, 5.74) is -0.331. The van der Waals surface area contributed by atoms with Crippen LogP contribution in [-0.4, -0.2) is 18.4 Å². The van der Waals surface area contributed by atoms with Crippen molar-refractivity contribution in [2.75, 3.05) is 6.61 Å². The summed E-state index contributed by atoms with van der Waals surface area (Å²) in [5.74, 6) is 0.981. The Kier molecular flexibility index (Phi) is 3.22. The Hall–Kier alpha value is -0.990. The average molecular weight is 224 g/mol. The highest BCUT2D eigenvalue weighted by molar-refractivity contribution is 5.60. The summed E-state index contributed by atoms with van der Waals surface area (Å²) in [7, 11) is 0. The molecule has 2 rings (SSSR count). The van der Waals surface area contributed by atoms with Gasteiger partial charge in [-0.2, -0.15) is 0 Å². The average Bonchev–Trinajstić information content (AvgIpc) is 2.77. The number of allylic oxidation sites excluding steroid dienone is 1. The highest BCUT2D eigenvalue weighted by atomic mass is 16.7. The summed E-state index contributed by atoms with van der Waals surface area (Å²) in [6.07, 6.45) is 7.90. The lowest BCUT2D eigenvalue weighted by atomic mass is 9.90. The van der Waals surface area contributed by atoms with E-state index in [1.165, 1.54) is 0 Å². The number of fused-ring (bicyclic) bond motifs is 2. The van der Waals surface area contributed by atoms with Gasteiger partial charge in [0.15, 0.2) is 0 Å². The van der Waals surface area contributed by atoms with Crippen LogP contribution in [0.3, 0.4) is 0 Å². The van der Waals surface area contributed by atoms with Crippen LogP contribution < -0.4 is 0 Å². The van der Waals surface area contributed by atoms with E-state index in [0.29, 0.717) is 18.4 Å². The summed E-state index contributed by atoms with van der Waals surface area (Å²) in [4.78, 5) is 11.5. The molecule has 2 aliphatic carbocycles. The fourth-order valence-electron chi connectivity index (χ4n) is 2.69. The van der Waals surface area contributed by atoms with Gasteiger partial charge < -0.3 is 9.47 Å². The summed E-state index contributed by atoms with van der Waals surface area (Å²) in [5, 5.41) is 0. The van der Waals surface area contributed by atoms with Gasteiger partial charge in [-0.05, 0) is 32.1 Å². The molecular formula is C13H20O3. The van der Waals surface area contributed by atoms with Crippen molar-refractivity contribution in [3.8, 4) is 0 Å². The van der Waals surface area contributed by atoms with Gasteiger partial charge >= 0.3 is 6.16 Å². The molecule has 0 N–H and O–H groups in total. The van der Waals surface area contributed by atoms with E-state index in [2.05, 4.69) is 19.1 Å². The number of carbonyl (C=O) groups is 1. The number of hydrogen-bond donors (Lipinski definition) is 0. The lowest BCUT2D eigenvalue weighted by Crippen LogP contribution is -2.36. The fourth-order valence-corrected chi connectivity index (χ4v) is 2.69. The molecule has 3 heteroatoms. The van der Waals surface area contributed by atoms with Crippen LogP contribution in [0.1, 0.15) is 39.5 Å². The first-order valence-corrected chi connectivity index (χ1v) is 6.18. The van der Waals surface area contributed by atoms with E-state index in [1.54, 1.807) is 0 Å². The van der Waals surface area contributed by atoms with Gasteiger partial charge in [0.1, 0.15) is 5.60 Å². The molecule has 16 heavy (non-hydrogen) atoms. The second-order valence-electron chi connectivity index (χ2n) is 5.06. The monoisotopic (exact) mass is 224 g/mol. The summed E-state index contributed by atoms with van der Waals surface area (Å²) >= 11 is 0. The number of carbonyl (C=O) groups excluding carboxylic acids is 1. The van der Waals surface area contributed by atoms with Gasteiger partial charge in [0.25, 0.3) is 0 Å². The SMILES string of the molecule is CCCCOC(=O)OC1(C)CC2C=CC1C2. The van der Waals surface area contributed by atoms with Crippen LogP contribution in [-0.2, 0) is 9.47 Å². The fraction of sp³-hybridized carbons (Fsp3) is 0.769. The van der Waals surface area contributed by atoms with Gasteiger partial charge in [-0.25, -0.2) is 4.79 Å². The Morgan fingerprint density at radius 1 is 1.50 bits per heavy atom. The molecule has 3 nitrogen and oxygen atoms in total. The lowest BCUT2D eigenvalue weighted by Gasteiger charge is -2.30. The molecule has 3 atom stereocenters. The molecule has 0 aromatic carbocycles. The van der Waals surface area contributed by atoms with E-state index < -0.39 is 6.16 Å². The lowest BCUT2D eigenvalue weighted by molar-refractivity contribution is -0.0393. The van der Waals surface area contributed by atoms with Crippen LogP contribution in [0.2, 0.25) is 0 Å². The standard InChI is InChI=1S/C13H20O3/c1-3-4-7-15-12(14)16-13(2)9-10-5-6-11(13)8-10/h5-6,10-11H,3-4,7-9H2,1-2H3. The second-order valence-corrected chi connectivity index (χ2v) is 5.06. The zero-order valence-electron chi connectivity index (χ0n) is 10.1. The molecule has 0 heterocycles. The third kappa shape index (κ3) is 2.23. The maximum atomic E-state index is 11.5. The van der Waals surface area contributed by atoms with Gasteiger partial charge in [-0.15, -0.1) is 0 Å². The molecule has 0 aliphatic heterocycles. The predicted octanol–water partition coefficient (Wildman–Crippen LogP) is 3.29. The van der Waals surface area contributed by atoms with Crippen molar-refractivity contribution in [1.82, 2.24) is 0 Å². The van der Waals surface area contributed by atoms with E-state index in [9.17, 15) is 4.79 Å². The smallest absolute Gasteiger partial charge is 0.434 e. The molecule has 1 saturated carbocycles. The molecule has 0 saturated heterocycles. The van der Waals surface area contributed by atoms with Crippen LogP contribution in [0.5, 0.6) is 0 Å². The Morgan fingerprint density at radius 2 is 2.31 bits per heavy atom. The quantitative estimate of drug-likeness (QED) is 0.417. The molecular weight excluding hydrogens is 204 g/mol. The zero-order chi connectivity index (χ0) is 11.6. The minimum atomic E-state index is -0.503. The molecule has 1 fully saturated rings. The second kappa shape index (κ2) is 4.48. The van der Waals surface area contributed by atoms with Crippen molar-refractivity contribution in [2.24, 2.45) is 11.8 Å². The van der Waals surface area contributed by atoms with E-state index in [4.69, 9.17) is 9.47 Å². The normalized spacial score (nSPS) is 35.4. The number of unbranched alkanes of at least 4 members (excludes halogenated alkanes) is 1. The number of rotatable bonds is 4. The first-order chi connectivity index (χ1) is 7.64. The highest BCUT2D eigenvalue weighted by Gasteiger charge is 2.48. The third-order valence-electron chi connectivity index (χ3n) is 3.66. The molecule has 0 radical (unpaired) electrons. The van der Waals surface area contributed by atoms with Gasteiger partial charge in [-0.3, -0.25) is 0 Å². The van der Waals surface area contributed by atoms with Crippen molar-refractivity contribution in [3.05, 3.63) is 12.2 Å². The van der Waals surface area contributed by atoms with Gasteiger partial charge in [0.05, 0.1) is 6.61 Å². The van der Waals surface area contributed by atoms with Gasteiger partial charge in [0.2, 0.25) is 0 Å². The van der Waals surface area contributed by atoms with Crippen molar-refractivity contribution < 1.29 is 14.3 Å². The Balaban J connectivity index is 1.81. The van der Waals surface area contributed by atoms with Crippen molar-refractivity contribution in [1.29, 1.82) is 0 Å². The predicted molar refractivity (Wildman–Crippen MR) is 61.1 cm³/mol. The van der Waals surface area contributed by atoms with E-state index in [-0.39, 0.29) is 5.60 Å². The zero-order valence-corrected chi connectivity index (χ0v) is 10.1. The van der Waals surface area contributed by atoms with Crippen LogP contribution >= 0.6 is 0 Å². The van der Waals surface area contributed by atoms with Gasteiger partial charge in [0, 0.05) is 5.92 Å². The summed E-state index contributed by atoms with van der Waals surface area (Å²) in [6.45, 7) is 4.55. The number of hydrogen-bond acceptors (Lipinski definition) is 3. The van der Waals surface area contributed by atoms with Crippen molar-refractivity contribution in [2.45, 2.75) is 45.1 Å². The maximum absolute atomic E-state index is 11.5. The molecule has 0 amide bonds. The van der Waals surface area contributed by atoms with Gasteiger partial charge in [-0.1, -0.05) is 25.5 Å².